The highest BCUT2D eigenvalue weighted by atomic mass is 16.5. The lowest BCUT2D eigenvalue weighted by molar-refractivity contribution is -0.119. The normalized spacial score (nSPS) is 16.8. The third-order valence-electron chi connectivity index (χ3n) is 7.02. The number of methoxy groups -OCH3 is 1. The average Bonchev–Trinajstić information content (AvgIpc) is 2.98. The molecule has 5 rings (SSSR count). The van der Waals surface area contributed by atoms with Crippen LogP contribution in [0.5, 0.6) is 17.2 Å². The molecule has 206 valence electrons. The first kappa shape index (κ1) is 26.8. The van der Waals surface area contributed by atoms with Crippen LogP contribution in [0, 0.1) is 0 Å². The van der Waals surface area contributed by atoms with Crippen LogP contribution in [-0.2, 0) is 22.6 Å². The summed E-state index contributed by atoms with van der Waals surface area (Å²) in [6, 6.07) is 21.7. The van der Waals surface area contributed by atoms with E-state index in [-0.39, 0.29) is 11.9 Å². The Balaban J connectivity index is 1.10. The van der Waals surface area contributed by atoms with Gasteiger partial charge in [0.2, 0.25) is 5.91 Å². The summed E-state index contributed by atoms with van der Waals surface area (Å²) in [7, 11) is 1.66. The maximum Gasteiger partial charge on any atom is 0.241 e. The van der Waals surface area contributed by atoms with Crippen LogP contribution < -0.4 is 29.7 Å². The van der Waals surface area contributed by atoms with Gasteiger partial charge >= 0.3 is 0 Å². The fraction of sp³-hybridized carbons (Fsp3) is 0.387. The molecule has 0 unspecified atom stereocenters. The van der Waals surface area contributed by atoms with E-state index < -0.39 is 0 Å². The molecular formula is C31H37N3O5. The summed E-state index contributed by atoms with van der Waals surface area (Å²) in [4.78, 5) is 14.7. The van der Waals surface area contributed by atoms with Crippen molar-refractivity contribution in [2.45, 2.75) is 31.9 Å². The van der Waals surface area contributed by atoms with Gasteiger partial charge in [-0.25, -0.2) is 0 Å². The second-order valence-corrected chi connectivity index (χ2v) is 9.77. The number of ether oxygens (including phenoxy) is 4. The molecule has 0 bridgehead atoms. The number of piperazine rings is 1. The Kier molecular flexibility index (Phi) is 9.19. The Labute approximate surface area is 230 Å². The standard InChI is InChI=1S/C31H37N3O5/c1-36-30-8-3-2-6-24(30)21-37-16-5-17-38-27-13-10-25(11-14-27)34-26(19-32-20-31(34)35)22-39-28-12-9-23-7-4-15-33-29(23)18-28/h2-3,6,8-14,18,26,32-33H,4-5,7,15-17,19-22H2,1H3/t26-/m1/s1. The van der Waals surface area contributed by atoms with Crippen molar-refractivity contribution in [3.63, 3.8) is 0 Å². The third kappa shape index (κ3) is 7.02. The van der Waals surface area contributed by atoms with Crippen molar-refractivity contribution < 1.29 is 23.7 Å². The van der Waals surface area contributed by atoms with Gasteiger partial charge in [0.1, 0.15) is 23.9 Å². The topological polar surface area (TPSA) is 81.3 Å². The molecule has 8 heteroatoms. The number of amides is 1. The lowest BCUT2D eigenvalue weighted by atomic mass is 10.0. The van der Waals surface area contributed by atoms with Crippen molar-refractivity contribution in [3.05, 3.63) is 77.9 Å². The molecular weight excluding hydrogens is 494 g/mol. The van der Waals surface area contributed by atoms with E-state index in [4.69, 9.17) is 18.9 Å². The van der Waals surface area contributed by atoms with E-state index in [1.807, 2.05) is 59.5 Å². The van der Waals surface area contributed by atoms with E-state index in [2.05, 4.69) is 22.8 Å². The molecule has 39 heavy (non-hydrogen) atoms. The maximum absolute atomic E-state index is 12.9. The molecule has 0 aliphatic carbocycles. The molecule has 0 radical (unpaired) electrons. The summed E-state index contributed by atoms with van der Waals surface area (Å²) in [5, 5.41) is 6.66. The molecule has 2 aliphatic rings. The lowest BCUT2D eigenvalue weighted by Crippen LogP contribution is -2.57. The Bertz CT molecular complexity index is 1230. The molecule has 1 amide bonds. The fourth-order valence-corrected chi connectivity index (χ4v) is 4.99. The predicted octanol–water partition coefficient (Wildman–Crippen LogP) is 4.42. The van der Waals surface area contributed by atoms with Gasteiger partial charge in [-0.3, -0.25) is 4.79 Å². The summed E-state index contributed by atoms with van der Waals surface area (Å²) in [5.74, 6) is 2.45. The highest BCUT2D eigenvalue weighted by Gasteiger charge is 2.30. The zero-order valence-electron chi connectivity index (χ0n) is 22.5. The Morgan fingerprint density at radius 1 is 0.974 bits per heavy atom. The highest BCUT2D eigenvalue weighted by Crippen LogP contribution is 2.28. The number of nitrogens with zero attached hydrogens (tertiary/aromatic N) is 1. The van der Waals surface area contributed by atoms with Crippen LogP contribution in [0.4, 0.5) is 11.4 Å². The molecule has 0 aromatic heterocycles. The number of hydrogen-bond acceptors (Lipinski definition) is 7. The number of para-hydroxylation sites is 1. The van der Waals surface area contributed by atoms with E-state index in [0.29, 0.717) is 39.5 Å². The van der Waals surface area contributed by atoms with Gasteiger partial charge in [-0.05, 0) is 54.8 Å². The van der Waals surface area contributed by atoms with Crippen LogP contribution in [-0.4, -0.2) is 58.5 Å². The van der Waals surface area contributed by atoms with Crippen molar-refractivity contribution in [2.75, 3.05) is 56.8 Å². The molecule has 8 nitrogen and oxygen atoms in total. The predicted molar refractivity (Wildman–Crippen MR) is 152 cm³/mol. The number of carbonyl (C=O) groups excluding carboxylic acids is 1. The van der Waals surface area contributed by atoms with E-state index in [0.717, 1.165) is 60.0 Å². The quantitative estimate of drug-likeness (QED) is 0.335. The van der Waals surface area contributed by atoms with Gasteiger partial charge in [-0.15, -0.1) is 0 Å². The maximum atomic E-state index is 12.9. The molecule has 3 aromatic rings. The summed E-state index contributed by atoms with van der Waals surface area (Å²) in [6.45, 7) is 4.02. The smallest absolute Gasteiger partial charge is 0.241 e. The van der Waals surface area contributed by atoms with Crippen LogP contribution in [0.15, 0.2) is 66.7 Å². The lowest BCUT2D eigenvalue weighted by Gasteiger charge is -2.36. The summed E-state index contributed by atoms with van der Waals surface area (Å²) >= 11 is 0. The number of benzene rings is 3. The average molecular weight is 532 g/mol. The van der Waals surface area contributed by atoms with Gasteiger partial charge in [0, 0.05) is 42.5 Å². The highest BCUT2D eigenvalue weighted by molar-refractivity contribution is 5.96. The van der Waals surface area contributed by atoms with Gasteiger partial charge in [0.05, 0.1) is 39.5 Å². The minimum absolute atomic E-state index is 0.0304. The second-order valence-electron chi connectivity index (χ2n) is 9.77. The third-order valence-corrected chi connectivity index (χ3v) is 7.02. The van der Waals surface area contributed by atoms with E-state index >= 15 is 0 Å². The number of hydrogen-bond donors (Lipinski definition) is 2. The molecule has 2 N–H and O–H groups in total. The van der Waals surface area contributed by atoms with Crippen LogP contribution in [0.3, 0.4) is 0 Å². The molecule has 1 saturated heterocycles. The fourth-order valence-electron chi connectivity index (χ4n) is 4.99. The number of anilines is 2. The number of nitrogens with one attached hydrogen (secondary N) is 2. The van der Waals surface area contributed by atoms with Crippen LogP contribution >= 0.6 is 0 Å². The van der Waals surface area contributed by atoms with Gasteiger partial charge in [-0.1, -0.05) is 24.3 Å². The van der Waals surface area contributed by atoms with Crippen molar-refractivity contribution in [3.8, 4) is 17.2 Å². The minimum Gasteiger partial charge on any atom is -0.496 e. The number of aryl methyl sites for hydroxylation is 1. The number of carbonyl (C=O) groups is 1. The van der Waals surface area contributed by atoms with Crippen molar-refractivity contribution in [1.29, 1.82) is 0 Å². The van der Waals surface area contributed by atoms with Crippen molar-refractivity contribution in [2.24, 2.45) is 0 Å². The van der Waals surface area contributed by atoms with Crippen LogP contribution in [0.1, 0.15) is 24.0 Å². The number of fused-ring (bicyclic) bond motifs is 1. The monoisotopic (exact) mass is 531 g/mol. The minimum atomic E-state index is -0.109. The van der Waals surface area contributed by atoms with Crippen molar-refractivity contribution >= 4 is 17.3 Å². The molecule has 1 fully saturated rings. The van der Waals surface area contributed by atoms with Gasteiger partial charge in [0.15, 0.2) is 0 Å². The first-order valence-corrected chi connectivity index (χ1v) is 13.7. The van der Waals surface area contributed by atoms with E-state index in [9.17, 15) is 4.79 Å². The van der Waals surface area contributed by atoms with Gasteiger partial charge in [0.25, 0.3) is 0 Å². The SMILES string of the molecule is COc1ccccc1COCCCOc1ccc(N2C(=O)CNC[C@@H]2COc2ccc3c(c2)NCCC3)cc1. The molecule has 2 aliphatic heterocycles. The van der Waals surface area contributed by atoms with Gasteiger partial charge in [-0.2, -0.15) is 0 Å². The second kappa shape index (κ2) is 13.4. The molecule has 2 heterocycles. The molecule has 0 spiro atoms. The van der Waals surface area contributed by atoms with E-state index in [1.54, 1.807) is 7.11 Å². The Hall–Kier alpha value is -3.75. The molecule has 3 aromatic carbocycles. The molecule has 1 atom stereocenters. The Morgan fingerprint density at radius 3 is 2.69 bits per heavy atom. The zero-order valence-corrected chi connectivity index (χ0v) is 22.5. The first-order valence-electron chi connectivity index (χ1n) is 13.7. The van der Waals surface area contributed by atoms with Crippen molar-refractivity contribution in [1.82, 2.24) is 5.32 Å². The number of rotatable bonds is 12. The van der Waals surface area contributed by atoms with Crippen LogP contribution in [0.2, 0.25) is 0 Å². The Morgan fingerprint density at radius 2 is 1.82 bits per heavy atom. The molecule has 0 saturated carbocycles. The van der Waals surface area contributed by atoms with Crippen LogP contribution in [0.25, 0.3) is 0 Å². The first-order chi connectivity index (χ1) is 19.2. The summed E-state index contributed by atoms with van der Waals surface area (Å²) < 4.78 is 23.2. The largest absolute Gasteiger partial charge is 0.496 e. The summed E-state index contributed by atoms with van der Waals surface area (Å²) in [6.07, 6.45) is 3.01. The summed E-state index contributed by atoms with van der Waals surface area (Å²) in [5.41, 5.74) is 4.34. The van der Waals surface area contributed by atoms with E-state index in [1.165, 1.54) is 5.56 Å². The van der Waals surface area contributed by atoms with Gasteiger partial charge < -0.3 is 34.5 Å². The zero-order chi connectivity index (χ0) is 26.9.